The van der Waals surface area contributed by atoms with Crippen molar-refractivity contribution < 1.29 is 14.2 Å². The van der Waals surface area contributed by atoms with E-state index in [1.54, 1.807) is 7.11 Å². The summed E-state index contributed by atoms with van der Waals surface area (Å²) in [5.74, 6) is 2.30. The Kier molecular flexibility index (Phi) is 6.33. The predicted octanol–water partition coefficient (Wildman–Crippen LogP) is 3.17. The van der Waals surface area contributed by atoms with Gasteiger partial charge in [0.15, 0.2) is 0 Å². The van der Waals surface area contributed by atoms with Crippen LogP contribution in [-0.4, -0.2) is 33.5 Å². The molecule has 1 aromatic rings. The van der Waals surface area contributed by atoms with Crippen LogP contribution in [0.5, 0.6) is 11.5 Å². The Labute approximate surface area is 127 Å². The number of rotatable bonds is 8. The fraction of sp³-hybridized carbons (Fsp3) is 0.647. The van der Waals surface area contributed by atoms with Gasteiger partial charge in [0.2, 0.25) is 0 Å². The number of ether oxygens (including phenoxy) is 3. The van der Waals surface area contributed by atoms with Gasteiger partial charge in [0.05, 0.1) is 25.9 Å². The lowest BCUT2D eigenvalue weighted by Crippen LogP contribution is -2.21. The second-order valence-corrected chi connectivity index (χ2v) is 5.59. The van der Waals surface area contributed by atoms with Gasteiger partial charge >= 0.3 is 0 Å². The molecule has 0 bridgehead atoms. The van der Waals surface area contributed by atoms with E-state index in [4.69, 9.17) is 14.2 Å². The lowest BCUT2D eigenvalue weighted by Gasteiger charge is -2.21. The van der Waals surface area contributed by atoms with Crippen LogP contribution >= 0.6 is 0 Å². The van der Waals surface area contributed by atoms with Crippen molar-refractivity contribution in [3.05, 3.63) is 23.8 Å². The highest BCUT2D eigenvalue weighted by atomic mass is 16.5. The lowest BCUT2D eigenvalue weighted by atomic mass is 10.1. The van der Waals surface area contributed by atoms with Gasteiger partial charge in [0, 0.05) is 18.6 Å². The summed E-state index contributed by atoms with van der Waals surface area (Å²) < 4.78 is 17.0. The summed E-state index contributed by atoms with van der Waals surface area (Å²) in [5.41, 5.74) is 1.10. The molecule has 0 radical (unpaired) electrons. The first-order valence-electron chi connectivity index (χ1n) is 7.87. The molecule has 1 heterocycles. The van der Waals surface area contributed by atoms with Crippen molar-refractivity contribution in [2.75, 3.05) is 33.5 Å². The van der Waals surface area contributed by atoms with Crippen LogP contribution in [0, 0.1) is 5.92 Å². The van der Waals surface area contributed by atoms with E-state index in [0.29, 0.717) is 12.5 Å². The molecule has 2 rings (SSSR count). The van der Waals surface area contributed by atoms with E-state index in [1.807, 2.05) is 18.2 Å². The molecular weight excluding hydrogens is 266 g/mol. The van der Waals surface area contributed by atoms with Crippen LogP contribution in [0.25, 0.3) is 0 Å². The van der Waals surface area contributed by atoms with Crippen LogP contribution in [-0.2, 0) is 4.74 Å². The van der Waals surface area contributed by atoms with Crippen molar-refractivity contribution in [3.63, 3.8) is 0 Å². The fourth-order valence-corrected chi connectivity index (χ4v) is 2.64. The van der Waals surface area contributed by atoms with Gasteiger partial charge < -0.3 is 19.5 Å². The van der Waals surface area contributed by atoms with Gasteiger partial charge in [-0.15, -0.1) is 0 Å². The van der Waals surface area contributed by atoms with Crippen molar-refractivity contribution in [3.8, 4) is 11.5 Å². The minimum atomic E-state index is 0.205. The van der Waals surface area contributed by atoms with Crippen LogP contribution in [0.15, 0.2) is 18.2 Å². The van der Waals surface area contributed by atoms with Crippen molar-refractivity contribution in [2.45, 2.75) is 32.7 Å². The number of nitrogens with one attached hydrogen (secondary N) is 1. The van der Waals surface area contributed by atoms with Gasteiger partial charge in [-0.3, -0.25) is 0 Å². The largest absolute Gasteiger partial charge is 0.496 e. The molecule has 1 saturated heterocycles. The van der Waals surface area contributed by atoms with Gasteiger partial charge in [-0.25, -0.2) is 0 Å². The molecule has 1 aromatic carbocycles. The average Bonchev–Trinajstić information content (AvgIpc) is 3.03. The van der Waals surface area contributed by atoms with Crippen LogP contribution in [0.4, 0.5) is 0 Å². The summed E-state index contributed by atoms with van der Waals surface area (Å²) in [7, 11) is 1.71. The molecule has 2 unspecified atom stereocenters. The van der Waals surface area contributed by atoms with E-state index >= 15 is 0 Å². The fourth-order valence-electron chi connectivity index (χ4n) is 2.64. The van der Waals surface area contributed by atoms with Crippen molar-refractivity contribution in [1.29, 1.82) is 0 Å². The smallest absolute Gasteiger partial charge is 0.127 e. The van der Waals surface area contributed by atoms with Crippen LogP contribution in [0.3, 0.4) is 0 Å². The second kappa shape index (κ2) is 8.25. The summed E-state index contributed by atoms with van der Waals surface area (Å²) in [6.07, 6.45) is 2.19. The van der Waals surface area contributed by atoms with Gasteiger partial charge in [0.25, 0.3) is 0 Å². The molecule has 118 valence electrons. The maximum absolute atomic E-state index is 6.06. The van der Waals surface area contributed by atoms with Crippen molar-refractivity contribution in [1.82, 2.24) is 5.32 Å². The minimum Gasteiger partial charge on any atom is -0.496 e. The second-order valence-electron chi connectivity index (χ2n) is 5.59. The quantitative estimate of drug-likeness (QED) is 0.799. The summed E-state index contributed by atoms with van der Waals surface area (Å²) in [6, 6.07) is 6.20. The maximum atomic E-state index is 6.06. The third-order valence-corrected chi connectivity index (χ3v) is 3.88. The molecule has 21 heavy (non-hydrogen) atoms. The normalized spacial score (nSPS) is 19.5. The maximum Gasteiger partial charge on any atom is 0.127 e. The summed E-state index contributed by atoms with van der Waals surface area (Å²) in [5, 5.41) is 3.51. The molecule has 4 nitrogen and oxygen atoms in total. The third-order valence-electron chi connectivity index (χ3n) is 3.88. The summed E-state index contributed by atoms with van der Waals surface area (Å²) in [4.78, 5) is 0. The molecule has 0 aliphatic carbocycles. The molecule has 0 amide bonds. The topological polar surface area (TPSA) is 39.7 Å². The van der Waals surface area contributed by atoms with Crippen LogP contribution in [0.2, 0.25) is 0 Å². The minimum absolute atomic E-state index is 0.205. The molecule has 1 N–H and O–H groups in total. The predicted molar refractivity (Wildman–Crippen MR) is 84.1 cm³/mol. The molecule has 2 atom stereocenters. The molecule has 0 aromatic heterocycles. The number of hydrogen-bond acceptors (Lipinski definition) is 4. The van der Waals surface area contributed by atoms with E-state index in [1.165, 1.54) is 0 Å². The van der Waals surface area contributed by atoms with Gasteiger partial charge in [-0.2, -0.15) is 0 Å². The number of methoxy groups -OCH3 is 1. The third kappa shape index (κ3) is 4.35. The number of hydrogen-bond donors (Lipinski definition) is 1. The summed E-state index contributed by atoms with van der Waals surface area (Å²) in [6.45, 7) is 7.67. The zero-order valence-corrected chi connectivity index (χ0v) is 13.4. The molecule has 1 fully saturated rings. The molecule has 0 saturated carbocycles. The van der Waals surface area contributed by atoms with Gasteiger partial charge in [-0.1, -0.05) is 13.0 Å². The summed E-state index contributed by atoms with van der Waals surface area (Å²) >= 11 is 0. The first-order chi connectivity index (χ1) is 10.3. The van der Waals surface area contributed by atoms with E-state index in [0.717, 1.165) is 49.7 Å². The first kappa shape index (κ1) is 16.1. The monoisotopic (exact) mass is 293 g/mol. The highest BCUT2D eigenvalue weighted by Gasteiger charge is 2.20. The Morgan fingerprint density at radius 1 is 1.38 bits per heavy atom. The van der Waals surface area contributed by atoms with Gasteiger partial charge in [-0.05, 0) is 38.4 Å². The van der Waals surface area contributed by atoms with E-state index in [-0.39, 0.29) is 6.04 Å². The Morgan fingerprint density at radius 2 is 2.19 bits per heavy atom. The Morgan fingerprint density at radius 3 is 2.86 bits per heavy atom. The Hall–Kier alpha value is -1.26. The van der Waals surface area contributed by atoms with Gasteiger partial charge in [0.1, 0.15) is 11.5 Å². The standard InChI is InChI=1S/C17H27NO3/c1-4-9-18-13(2)17-15(19-3)6-5-7-16(17)21-12-14-8-10-20-11-14/h5-7,13-14,18H,4,8-12H2,1-3H3. The molecular formula is C17H27NO3. The zero-order chi connectivity index (χ0) is 15.1. The zero-order valence-electron chi connectivity index (χ0n) is 13.4. The SMILES string of the molecule is CCCNC(C)c1c(OC)cccc1OCC1CCOC1. The Bertz CT molecular complexity index is 430. The van der Waals surface area contributed by atoms with Crippen LogP contribution in [0.1, 0.15) is 38.3 Å². The van der Waals surface area contributed by atoms with Crippen molar-refractivity contribution >= 4 is 0 Å². The van der Waals surface area contributed by atoms with Crippen LogP contribution < -0.4 is 14.8 Å². The Balaban J connectivity index is 2.10. The van der Waals surface area contributed by atoms with E-state index in [9.17, 15) is 0 Å². The molecule has 1 aliphatic heterocycles. The van der Waals surface area contributed by atoms with E-state index < -0.39 is 0 Å². The lowest BCUT2D eigenvalue weighted by molar-refractivity contribution is 0.166. The first-order valence-corrected chi connectivity index (χ1v) is 7.87. The molecule has 0 spiro atoms. The molecule has 1 aliphatic rings. The highest BCUT2D eigenvalue weighted by Crippen LogP contribution is 2.34. The highest BCUT2D eigenvalue weighted by molar-refractivity contribution is 5.46. The molecule has 4 heteroatoms. The van der Waals surface area contributed by atoms with E-state index in [2.05, 4.69) is 19.2 Å². The van der Waals surface area contributed by atoms with Crippen molar-refractivity contribution in [2.24, 2.45) is 5.92 Å². The average molecular weight is 293 g/mol. The number of benzene rings is 1.